The number of ether oxygens (including phenoxy) is 2. The smallest absolute Gasteiger partial charge is 0.167 e. The second kappa shape index (κ2) is 11.6. The van der Waals surface area contributed by atoms with Crippen LogP contribution >= 0.6 is 0 Å². The van der Waals surface area contributed by atoms with Crippen molar-refractivity contribution in [3.63, 3.8) is 0 Å². The maximum Gasteiger partial charge on any atom is 0.167 e. The van der Waals surface area contributed by atoms with Crippen LogP contribution in [0.5, 0.6) is 11.5 Å². The average molecular weight is 489 g/mol. The van der Waals surface area contributed by atoms with E-state index >= 15 is 4.39 Å². The molecule has 0 aliphatic heterocycles. The summed E-state index contributed by atoms with van der Waals surface area (Å²) in [5, 5.41) is 0. The highest BCUT2D eigenvalue weighted by Gasteiger charge is 2.16. The molecule has 184 valence electrons. The normalized spacial score (nSPS) is 10.8. The Kier molecular flexibility index (Phi) is 8.11. The molecule has 0 saturated carbocycles. The zero-order chi connectivity index (χ0) is 25.5. The van der Waals surface area contributed by atoms with Gasteiger partial charge in [0.1, 0.15) is 12.4 Å². The summed E-state index contributed by atoms with van der Waals surface area (Å²) in [6.07, 6.45) is 2.88. The number of hydrogen-bond donors (Lipinski definition) is 0. The lowest BCUT2D eigenvalue weighted by atomic mass is 9.97. The minimum Gasteiger partial charge on any atom is -0.494 e. The molecular formula is C31H27F3O2. The lowest BCUT2D eigenvalue weighted by Crippen LogP contribution is -1.98. The molecule has 0 amide bonds. The van der Waals surface area contributed by atoms with Crippen LogP contribution in [-0.4, -0.2) is 13.2 Å². The zero-order valence-electron chi connectivity index (χ0n) is 20.1. The van der Waals surface area contributed by atoms with E-state index in [2.05, 4.69) is 6.58 Å². The van der Waals surface area contributed by atoms with E-state index in [0.717, 1.165) is 11.1 Å². The van der Waals surface area contributed by atoms with E-state index < -0.39 is 17.5 Å². The largest absolute Gasteiger partial charge is 0.494 e. The van der Waals surface area contributed by atoms with E-state index in [1.54, 1.807) is 60.7 Å². The monoisotopic (exact) mass is 488 g/mol. The van der Waals surface area contributed by atoms with Gasteiger partial charge in [-0.2, -0.15) is 0 Å². The van der Waals surface area contributed by atoms with Crippen molar-refractivity contribution in [2.75, 3.05) is 13.2 Å². The Hall–Kier alpha value is -3.99. The Labute approximate surface area is 209 Å². The molecule has 36 heavy (non-hydrogen) atoms. The van der Waals surface area contributed by atoms with Crippen molar-refractivity contribution >= 4 is 0 Å². The molecule has 0 saturated heterocycles. The summed E-state index contributed by atoms with van der Waals surface area (Å²) < 4.78 is 54.8. The van der Waals surface area contributed by atoms with Crippen molar-refractivity contribution in [2.45, 2.75) is 19.8 Å². The van der Waals surface area contributed by atoms with Crippen molar-refractivity contribution in [1.29, 1.82) is 0 Å². The first-order chi connectivity index (χ1) is 17.5. The lowest BCUT2D eigenvalue weighted by Gasteiger charge is -2.11. The number of halogens is 3. The van der Waals surface area contributed by atoms with Gasteiger partial charge >= 0.3 is 0 Å². The quantitative estimate of drug-likeness (QED) is 0.210. The first-order valence-corrected chi connectivity index (χ1v) is 11.8. The Bertz CT molecular complexity index is 1330. The molecule has 0 N–H and O–H groups in total. The van der Waals surface area contributed by atoms with Gasteiger partial charge < -0.3 is 9.47 Å². The van der Waals surface area contributed by atoms with Crippen LogP contribution in [0.1, 0.15) is 18.1 Å². The maximum absolute atomic E-state index is 15.0. The van der Waals surface area contributed by atoms with E-state index in [-0.39, 0.29) is 23.5 Å². The first-order valence-electron chi connectivity index (χ1n) is 11.8. The van der Waals surface area contributed by atoms with Crippen molar-refractivity contribution in [1.82, 2.24) is 0 Å². The second-order valence-corrected chi connectivity index (χ2v) is 8.31. The summed E-state index contributed by atoms with van der Waals surface area (Å²) >= 11 is 0. The van der Waals surface area contributed by atoms with Crippen LogP contribution in [0.4, 0.5) is 13.2 Å². The molecule has 0 unspecified atom stereocenters. The standard InChI is InChI=1S/C31H27F3O2/c1-3-19-36-29-18-9-22(20-28(29)32)6-5-21-7-10-23(11-8-21)26-16-17-27(31(34)30(26)33)24-12-14-25(15-13-24)35-4-2/h3,7-18,20H,1,4-6,19H2,2H3. The number of aryl methyl sites for hydroxylation is 2. The van der Waals surface area contributed by atoms with E-state index in [0.29, 0.717) is 36.3 Å². The molecular weight excluding hydrogens is 461 g/mol. The highest BCUT2D eigenvalue weighted by Crippen LogP contribution is 2.32. The lowest BCUT2D eigenvalue weighted by molar-refractivity contribution is 0.340. The molecule has 4 aromatic carbocycles. The van der Waals surface area contributed by atoms with Crippen molar-refractivity contribution in [3.05, 3.63) is 120 Å². The molecule has 5 heteroatoms. The highest BCUT2D eigenvalue weighted by atomic mass is 19.2. The van der Waals surface area contributed by atoms with Crippen LogP contribution in [0, 0.1) is 17.5 Å². The van der Waals surface area contributed by atoms with Gasteiger partial charge in [-0.25, -0.2) is 13.2 Å². The van der Waals surface area contributed by atoms with E-state index in [1.807, 2.05) is 25.1 Å². The Morgan fingerprint density at radius 2 is 1.25 bits per heavy atom. The van der Waals surface area contributed by atoms with E-state index in [1.165, 1.54) is 6.07 Å². The van der Waals surface area contributed by atoms with Gasteiger partial charge in [0.05, 0.1) is 6.61 Å². The first kappa shape index (κ1) is 25.1. The molecule has 4 rings (SSSR count). The summed E-state index contributed by atoms with van der Waals surface area (Å²) in [5.74, 6) is -1.30. The van der Waals surface area contributed by atoms with Crippen molar-refractivity contribution < 1.29 is 22.6 Å². The summed E-state index contributed by atoms with van der Waals surface area (Å²) in [6, 6.07) is 22.3. The van der Waals surface area contributed by atoms with Crippen molar-refractivity contribution in [3.8, 4) is 33.8 Å². The molecule has 0 bridgehead atoms. The molecule has 0 radical (unpaired) electrons. The van der Waals surface area contributed by atoms with Gasteiger partial charge in [-0.1, -0.05) is 67.3 Å². The van der Waals surface area contributed by atoms with Crippen LogP contribution in [0.3, 0.4) is 0 Å². The van der Waals surface area contributed by atoms with Crippen LogP contribution in [0.15, 0.2) is 91.5 Å². The maximum atomic E-state index is 15.0. The molecule has 0 fully saturated rings. The molecule has 0 heterocycles. The predicted molar refractivity (Wildman–Crippen MR) is 138 cm³/mol. The van der Waals surface area contributed by atoms with Gasteiger partial charge in [0.2, 0.25) is 0 Å². The Balaban J connectivity index is 1.45. The third-order valence-electron chi connectivity index (χ3n) is 5.88. The predicted octanol–water partition coefficient (Wildman–Crippen LogP) is 8.19. The molecule has 0 aromatic heterocycles. The molecule has 0 aliphatic rings. The third kappa shape index (κ3) is 5.80. The fourth-order valence-electron chi connectivity index (χ4n) is 4.00. The van der Waals surface area contributed by atoms with Gasteiger partial charge in [-0.15, -0.1) is 0 Å². The van der Waals surface area contributed by atoms with Crippen molar-refractivity contribution in [2.24, 2.45) is 0 Å². The van der Waals surface area contributed by atoms with Crippen LogP contribution in [0.2, 0.25) is 0 Å². The fraction of sp³-hybridized carbons (Fsp3) is 0.161. The highest BCUT2D eigenvalue weighted by molar-refractivity contribution is 5.72. The molecule has 2 nitrogen and oxygen atoms in total. The second-order valence-electron chi connectivity index (χ2n) is 8.31. The summed E-state index contributed by atoms with van der Waals surface area (Å²) in [5.41, 5.74) is 3.42. The van der Waals surface area contributed by atoms with E-state index in [9.17, 15) is 8.78 Å². The van der Waals surface area contributed by atoms with E-state index in [4.69, 9.17) is 9.47 Å². The summed E-state index contributed by atoms with van der Waals surface area (Å²) in [6.45, 7) is 6.22. The van der Waals surface area contributed by atoms with Crippen LogP contribution < -0.4 is 9.47 Å². The minimum atomic E-state index is -0.886. The number of rotatable bonds is 10. The molecule has 0 atom stereocenters. The number of benzene rings is 4. The SMILES string of the molecule is C=CCOc1ccc(CCc2ccc(-c3ccc(-c4ccc(OCC)cc4)c(F)c3F)cc2)cc1F. The summed E-state index contributed by atoms with van der Waals surface area (Å²) in [4.78, 5) is 0. The number of hydrogen-bond acceptors (Lipinski definition) is 2. The minimum absolute atomic E-state index is 0.198. The third-order valence-corrected chi connectivity index (χ3v) is 5.88. The Morgan fingerprint density at radius 3 is 1.81 bits per heavy atom. The average Bonchev–Trinajstić information content (AvgIpc) is 2.90. The van der Waals surface area contributed by atoms with Gasteiger partial charge in [-0.3, -0.25) is 0 Å². The van der Waals surface area contributed by atoms with Gasteiger partial charge in [0, 0.05) is 11.1 Å². The van der Waals surface area contributed by atoms with Crippen LogP contribution in [-0.2, 0) is 12.8 Å². The topological polar surface area (TPSA) is 18.5 Å². The van der Waals surface area contributed by atoms with Gasteiger partial charge in [0.15, 0.2) is 23.2 Å². The van der Waals surface area contributed by atoms with Gasteiger partial charge in [0.25, 0.3) is 0 Å². The molecule has 0 spiro atoms. The fourth-order valence-corrected chi connectivity index (χ4v) is 4.00. The zero-order valence-corrected chi connectivity index (χ0v) is 20.1. The Morgan fingerprint density at radius 1 is 0.694 bits per heavy atom. The van der Waals surface area contributed by atoms with Gasteiger partial charge in [-0.05, 0) is 66.3 Å². The summed E-state index contributed by atoms with van der Waals surface area (Å²) in [7, 11) is 0. The molecule has 4 aromatic rings. The molecule has 0 aliphatic carbocycles. The van der Waals surface area contributed by atoms with Crippen LogP contribution in [0.25, 0.3) is 22.3 Å².